The summed E-state index contributed by atoms with van der Waals surface area (Å²) < 4.78 is 27.5. The molecule has 0 radical (unpaired) electrons. The zero-order valence-corrected chi connectivity index (χ0v) is 12.9. The van der Waals surface area contributed by atoms with Crippen molar-refractivity contribution in [2.24, 2.45) is 0 Å². The zero-order valence-electron chi connectivity index (χ0n) is 12.1. The number of rotatable bonds is 4. The summed E-state index contributed by atoms with van der Waals surface area (Å²) in [6, 6.07) is 0. The molecule has 2 rings (SSSR count). The molecule has 1 amide bonds. The minimum atomic E-state index is -2.95. The van der Waals surface area contributed by atoms with Crippen molar-refractivity contribution in [3.05, 3.63) is 0 Å². The molecular weight excluding hydrogens is 296 g/mol. The molecule has 120 valence electrons. The first kappa shape index (κ1) is 16.2. The van der Waals surface area contributed by atoms with Crippen LogP contribution in [-0.2, 0) is 24.2 Å². The van der Waals surface area contributed by atoms with Crippen LogP contribution in [0.3, 0.4) is 0 Å². The third-order valence-electron chi connectivity index (χ3n) is 3.86. The van der Waals surface area contributed by atoms with Gasteiger partial charge < -0.3 is 9.64 Å². The maximum absolute atomic E-state index is 11.8. The molecule has 21 heavy (non-hydrogen) atoms. The Morgan fingerprint density at radius 3 is 2.19 bits per heavy atom. The van der Waals surface area contributed by atoms with E-state index >= 15 is 0 Å². The van der Waals surface area contributed by atoms with Gasteiger partial charge in [-0.3, -0.25) is 14.5 Å². The summed E-state index contributed by atoms with van der Waals surface area (Å²) in [7, 11) is -2.95. The van der Waals surface area contributed by atoms with Gasteiger partial charge in [-0.15, -0.1) is 0 Å². The normalized spacial score (nSPS) is 22.8. The Labute approximate surface area is 125 Å². The van der Waals surface area contributed by atoms with Gasteiger partial charge in [0.1, 0.15) is 0 Å². The quantitative estimate of drug-likeness (QED) is 0.636. The largest absolute Gasteiger partial charge is 0.455 e. The molecule has 0 unspecified atom stereocenters. The topological polar surface area (TPSA) is 84.0 Å². The number of sulfone groups is 1. The van der Waals surface area contributed by atoms with E-state index in [1.54, 1.807) is 9.80 Å². The first-order valence-corrected chi connectivity index (χ1v) is 9.14. The fourth-order valence-corrected chi connectivity index (χ4v) is 3.79. The molecule has 0 aliphatic carbocycles. The molecular formula is C13H22N2O5S. The average molecular weight is 318 g/mol. The van der Waals surface area contributed by atoms with Gasteiger partial charge in [0, 0.05) is 26.2 Å². The van der Waals surface area contributed by atoms with Crippen molar-refractivity contribution in [3.63, 3.8) is 0 Å². The molecule has 7 nitrogen and oxygen atoms in total. The van der Waals surface area contributed by atoms with Crippen LogP contribution in [0.1, 0.15) is 19.3 Å². The molecule has 2 saturated heterocycles. The van der Waals surface area contributed by atoms with Gasteiger partial charge in [0.15, 0.2) is 16.4 Å². The third kappa shape index (κ3) is 5.28. The summed E-state index contributed by atoms with van der Waals surface area (Å²) in [5.41, 5.74) is 0. The monoisotopic (exact) mass is 318 g/mol. The molecule has 2 aliphatic heterocycles. The molecule has 2 heterocycles. The zero-order chi connectivity index (χ0) is 15.3. The Kier molecular flexibility index (Phi) is 5.58. The number of carbonyl (C=O) groups excluding carboxylic acids is 2. The van der Waals surface area contributed by atoms with E-state index < -0.39 is 15.8 Å². The molecule has 0 bridgehead atoms. The summed E-state index contributed by atoms with van der Waals surface area (Å²) >= 11 is 0. The molecule has 8 heteroatoms. The van der Waals surface area contributed by atoms with Crippen molar-refractivity contribution in [2.75, 3.05) is 50.8 Å². The first-order chi connectivity index (χ1) is 9.96. The van der Waals surface area contributed by atoms with Crippen LogP contribution < -0.4 is 0 Å². The van der Waals surface area contributed by atoms with Crippen LogP contribution in [0.25, 0.3) is 0 Å². The molecule has 2 aliphatic rings. The molecule has 0 aromatic carbocycles. The summed E-state index contributed by atoms with van der Waals surface area (Å²) in [6.07, 6.45) is 3.14. The number of ether oxygens (including phenoxy) is 1. The number of hydrogen-bond acceptors (Lipinski definition) is 6. The summed E-state index contributed by atoms with van der Waals surface area (Å²) in [5.74, 6) is -0.469. The van der Waals surface area contributed by atoms with Crippen LogP contribution in [0, 0.1) is 0 Å². The number of esters is 1. The Bertz CT molecular complexity index is 471. The molecule has 0 spiro atoms. The first-order valence-electron chi connectivity index (χ1n) is 7.32. The number of piperidine rings is 1. The lowest BCUT2D eigenvalue weighted by atomic mass is 10.1. The van der Waals surface area contributed by atoms with Crippen LogP contribution in [0.5, 0.6) is 0 Å². The highest BCUT2D eigenvalue weighted by atomic mass is 32.2. The molecule has 2 fully saturated rings. The molecule has 0 atom stereocenters. The van der Waals surface area contributed by atoms with Crippen molar-refractivity contribution < 1.29 is 22.7 Å². The van der Waals surface area contributed by atoms with E-state index in [9.17, 15) is 18.0 Å². The molecule has 0 N–H and O–H groups in total. The van der Waals surface area contributed by atoms with Gasteiger partial charge in [-0.1, -0.05) is 0 Å². The Hall–Kier alpha value is -1.15. The van der Waals surface area contributed by atoms with Crippen LogP contribution >= 0.6 is 0 Å². The van der Waals surface area contributed by atoms with Crippen molar-refractivity contribution in [3.8, 4) is 0 Å². The van der Waals surface area contributed by atoms with E-state index in [4.69, 9.17) is 4.74 Å². The second-order valence-electron chi connectivity index (χ2n) is 5.53. The van der Waals surface area contributed by atoms with E-state index in [1.807, 2.05) is 0 Å². The minimum Gasteiger partial charge on any atom is -0.455 e. The number of likely N-dealkylation sites (tertiary alicyclic amines) is 1. The molecule has 0 saturated carbocycles. The van der Waals surface area contributed by atoms with Crippen LogP contribution in [0.15, 0.2) is 0 Å². The number of hydrogen-bond donors (Lipinski definition) is 0. The number of nitrogens with zero attached hydrogens (tertiary/aromatic N) is 2. The molecule has 0 aromatic heterocycles. The second-order valence-corrected chi connectivity index (χ2v) is 7.83. The highest BCUT2D eigenvalue weighted by molar-refractivity contribution is 7.91. The number of amides is 1. The highest BCUT2D eigenvalue weighted by Crippen LogP contribution is 2.09. The average Bonchev–Trinajstić information content (AvgIpc) is 2.48. The Morgan fingerprint density at radius 1 is 0.952 bits per heavy atom. The van der Waals surface area contributed by atoms with Crippen molar-refractivity contribution >= 4 is 21.7 Å². The van der Waals surface area contributed by atoms with Crippen molar-refractivity contribution in [2.45, 2.75) is 19.3 Å². The summed E-state index contributed by atoms with van der Waals surface area (Å²) in [6.45, 7) is 1.99. The van der Waals surface area contributed by atoms with Gasteiger partial charge in [0.05, 0.1) is 18.1 Å². The van der Waals surface area contributed by atoms with E-state index in [2.05, 4.69) is 0 Å². The number of carbonyl (C=O) groups is 2. The van der Waals surface area contributed by atoms with E-state index in [-0.39, 0.29) is 30.6 Å². The van der Waals surface area contributed by atoms with Gasteiger partial charge >= 0.3 is 5.97 Å². The van der Waals surface area contributed by atoms with Crippen LogP contribution in [0.4, 0.5) is 0 Å². The van der Waals surface area contributed by atoms with Crippen molar-refractivity contribution in [1.82, 2.24) is 9.80 Å². The maximum Gasteiger partial charge on any atom is 0.320 e. The molecule has 0 aromatic rings. The van der Waals surface area contributed by atoms with Gasteiger partial charge in [-0.2, -0.15) is 0 Å². The Balaban J connectivity index is 1.66. The smallest absolute Gasteiger partial charge is 0.320 e. The lowest BCUT2D eigenvalue weighted by Gasteiger charge is -2.27. The summed E-state index contributed by atoms with van der Waals surface area (Å²) in [4.78, 5) is 27.0. The SMILES string of the molecule is O=C(CN1CCS(=O)(=O)CC1)OCC(=O)N1CCCCC1. The fourth-order valence-electron chi connectivity index (χ4n) is 2.51. The Morgan fingerprint density at radius 2 is 1.57 bits per heavy atom. The van der Waals surface area contributed by atoms with Crippen molar-refractivity contribution in [1.29, 1.82) is 0 Å². The lowest BCUT2D eigenvalue weighted by molar-refractivity contribution is -0.153. The predicted molar refractivity (Wildman–Crippen MR) is 76.5 cm³/mol. The van der Waals surface area contributed by atoms with E-state index in [0.717, 1.165) is 32.4 Å². The van der Waals surface area contributed by atoms with Crippen LogP contribution in [0.2, 0.25) is 0 Å². The third-order valence-corrected chi connectivity index (χ3v) is 5.46. The van der Waals surface area contributed by atoms with Crippen LogP contribution in [-0.4, -0.2) is 80.9 Å². The fraction of sp³-hybridized carbons (Fsp3) is 0.846. The standard InChI is InChI=1S/C13H22N2O5S/c16-12(15-4-2-1-3-5-15)11-20-13(17)10-14-6-8-21(18,19)9-7-14/h1-11H2. The van der Waals surface area contributed by atoms with E-state index in [0.29, 0.717) is 13.1 Å². The predicted octanol–water partition coefficient (Wildman–Crippen LogP) is -0.727. The second kappa shape index (κ2) is 7.22. The van der Waals surface area contributed by atoms with Gasteiger partial charge in [0.2, 0.25) is 0 Å². The highest BCUT2D eigenvalue weighted by Gasteiger charge is 2.24. The summed E-state index contributed by atoms with van der Waals surface area (Å²) in [5, 5.41) is 0. The van der Waals surface area contributed by atoms with Gasteiger partial charge in [0.25, 0.3) is 5.91 Å². The lowest BCUT2D eigenvalue weighted by Crippen LogP contribution is -2.44. The van der Waals surface area contributed by atoms with E-state index in [1.165, 1.54) is 0 Å². The minimum absolute atomic E-state index is 0.0444. The van der Waals surface area contributed by atoms with Gasteiger partial charge in [-0.05, 0) is 19.3 Å². The maximum atomic E-state index is 11.8. The van der Waals surface area contributed by atoms with Gasteiger partial charge in [-0.25, -0.2) is 8.42 Å².